The van der Waals surface area contributed by atoms with Gasteiger partial charge in [0.25, 0.3) is 0 Å². The smallest absolute Gasteiger partial charge is 0.305 e. The number of unbranched alkanes of at least 4 members (excludes halogenated alkanes) is 35. The highest BCUT2D eigenvalue weighted by atomic mass is 16.5. The molecule has 0 aliphatic heterocycles. The summed E-state index contributed by atoms with van der Waals surface area (Å²) in [5.41, 5.74) is 0. The maximum absolute atomic E-state index is 12.5. The molecule has 0 heterocycles. The van der Waals surface area contributed by atoms with Gasteiger partial charge in [-0.3, -0.25) is 9.59 Å². The van der Waals surface area contributed by atoms with Gasteiger partial charge in [-0.2, -0.15) is 0 Å². The van der Waals surface area contributed by atoms with Gasteiger partial charge >= 0.3 is 5.97 Å². The minimum absolute atomic E-state index is 0.0437. The molecule has 6 nitrogen and oxygen atoms in total. The number of hydrogen-bond acceptors (Lipinski definition) is 5. The maximum Gasteiger partial charge on any atom is 0.305 e. The van der Waals surface area contributed by atoms with E-state index < -0.39 is 12.1 Å². The van der Waals surface area contributed by atoms with Crippen molar-refractivity contribution in [1.29, 1.82) is 0 Å². The third kappa shape index (κ3) is 47.7. The van der Waals surface area contributed by atoms with E-state index in [0.717, 1.165) is 70.6 Å². The van der Waals surface area contributed by atoms with Gasteiger partial charge in [-0.1, -0.05) is 231 Å². The average molecular weight is 860 g/mol. The molecule has 0 spiro atoms. The minimum atomic E-state index is -0.696. The summed E-state index contributed by atoms with van der Waals surface area (Å²) in [6.45, 7) is 4.86. The molecule has 0 aliphatic carbocycles. The molecule has 61 heavy (non-hydrogen) atoms. The quantitative estimate of drug-likeness (QED) is 0.0322. The largest absolute Gasteiger partial charge is 0.466 e. The number of carbonyl (C=O) groups excluding carboxylic acids is 2. The molecule has 0 saturated carbocycles. The fraction of sp³-hybridized carbons (Fsp3) is 0.891. The molecule has 3 N–H and O–H groups in total. The van der Waals surface area contributed by atoms with Crippen LogP contribution in [-0.4, -0.2) is 47.4 Å². The van der Waals surface area contributed by atoms with Crippen LogP contribution in [0, 0.1) is 0 Å². The predicted molar refractivity (Wildman–Crippen MR) is 264 cm³/mol. The lowest BCUT2D eigenvalue weighted by Gasteiger charge is -2.22. The number of hydrogen-bond donors (Lipinski definition) is 3. The molecule has 0 aromatic rings. The summed E-state index contributed by atoms with van der Waals surface area (Å²) < 4.78 is 5.43. The molecule has 0 aliphatic rings. The van der Waals surface area contributed by atoms with Crippen molar-refractivity contribution in [2.75, 3.05) is 13.2 Å². The van der Waals surface area contributed by atoms with Gasteiger partial charge in [0.2, 0.25) is 5.91 Å². The van der Waals surface area contributed by atoms with Crippen LogP contribution in [0.3, 0.4) is 0 Å². The Morgan fingerprint density at radius 2 is 0.787 bits per heavy atom. The van der Waals surface area contributed by atoms with Gasteiger partial charge in [0.15, 0.2) is 0 Å². The van der Waals surface area contributed by atoms with Crippen molar-refractivity contribution in [2.45, 2.75) is 302 Å². The fourth-order valence-electron chi connectivity index (χ4n) is 8.28. The first-order valence-electron chi connectivity index (χ1n) is 27.1. The van der Waals surface area contributed by atoms with Crippen LogP contribution in [0.1, 0.15) is 290 Å². The SMILES string of the molecule is CCCCCCC/C=C\CCCCCCCC(=O)OCCCCCC/C=C\CCCC(=O)NC(CO)C(O)CCCCCCCCCCCCCCCCCCCCCCC. The molecule has 0 saturated heterocycles. The first-order valence-corrected chi connectivity index (χ1v) is 27.1. The second-order valence-electron chi connectivity index (χ2n) is 18.6. The number of allylic oxidation sites excluding steroid dienone is 4. The Hall–Kier alpha value is -1.66. The third-order valence-corrected chi connectivity index (χ3v) is 12.5. The Morgan fingerprint density at radius 1 is 0.443 bits per heavy atom. The van der Waals surface area contributed by atoms with E-state index in [1.807, 2.05) is 0 Å². The number of rotatable bonds is 50. The Bertz CT molecular complexity index is 951. The van der Waals surface area contributed by atoms with E-state index in [2.05, 4.69) is 43.5 Å². The van der Waals surface area contributed by atoms with Gasteiger partial charge in [0, 0.05) is 12.8 Å². The second kappa shape index (κ2) is 51.0. The molecule has 0 aromatic heterocycles. The van der Waals surface area contributed by atoms with Crippen LogP contribution in [0.4, 0.5) is 0 Å². The fourth-order valence-corrected chi connectivity index (χ4v) is 8.28. The second-order valence-corrected chi connectivity index (χ2v) is 18.6. The summed E-state index contributed by atoms with van der Waals surface area (Å²) in [7, 11) is 0. The van der Waals surface area contributed by atoms with E-state index in [4.69, 9.17) is 4.74 Å². The third-order valence-electron chi connectivity index (χ3n) is 12.5. The minimum Gasteiger partial charge on any atom is -0.466 e. The lowest BCUT2D eigenvalue weighted by atomic mass is 10.0. The standard InChI is InChI=1S/C55H105NO5/c1-3-5-7-9-11-13-15-17-19-20-21-22-23-24-25-26-28-31-35-39-43-47-53(58)52(51-57)56-54(59)48-44-40-36-32-30-34-38-42-46-50-61-55(60)49-45-41-37-33-29-27-18-16-14-12-10-8-6-4-2/h16,18,32,36,52-53,57-58H,3-15,17,19-31,33-35,37-51H2,1-2H3,(H,56,59)/b18-16-,36-32-. The number of aliphatic hydroxyl groups excluding tert-OH is 2. The summed E-state index contributed by atoms with van der Waals surface area (Å²) >= 11 is 0. The first-order chi connectivity index (χ1) is 30.0. The van der Waals surface area contributed by atoms with Crippen molar-refractivity contribution in [2.24, 2.45) is 0 Å². The molecule has 6 heteroatoms. The molecule has 0 bridgehead atoms. The maximum atomic E-state index is 12.5. The summed E-state index contributed by atoms with van der Waals surface area (Å²) in [4.78, 5) is 24.5. The number of carbonyl (C=O) groups is 2. The van der Waals surface area contributed by atoms with Gasteiger partial charge in [0.05, 0.1) is 25.4 Å². The Balaban J connectivity index is 3.53. The Kier molecular flexibility index (Phi) is 49.6. The normalized spacial score (nSPS) is 12.8. The van der Waals surface area contributed by atoms with Crippen molar-refractivity contribution < 1.29 is 24.5 Å². The number of aliphatic hydroxyl groups is 2. The van der Waals surface area contributed by atoms with E-state index in [-0.39, 0.29) is 18.5 Å². The van der Waals surface area contributed by atoms with Crippen LogP contribution < -0.4 is 5.32 Å². The van der Waals surface area contributed by atoms with Crippen LogP contribution in [0.2, 0.25) is 0 Å². The number of esters is 1. The zero-order chi connectivity index (χ0) is 44.4. The highest BCUT2D eigenvalue weighted by Gasteiger charge is 2.20. The van der Waals surface area contributed by atoms with Gasteiger partial charge in [-0.05, 0) is 70.6 Å². The number of nitrogens with one attached hydrogen (secondary N) is 1. The molecule has 0 aromatic carbocycles. The van der Waals surface area contributed by atoms with Crippen molar-refractivity contribution in [3.63, 3.8) is 0 Å². The number of ether oxygens (including phenoxy) is 1. The molecule has 2 unspecified atom stereocenters. The van der Waals surface area contributed by atoms with Crippen molar-refractivity contribution in [3.05, 3.63) is 24.3 Å². The van der Waals surface area contributed by atoms with Gasteiger partial charge < -0.3 is 20.3 Å². The molecule has 1 amide bonds. The van der Waals surface area contributed by atoms with E-state index in [9.17, 15) is 19.8 Å². The number of amides is 1. The zero-order valence-corrected chi connectivity index (χ0v) is 40.9. The first kappa shape index (κ1) is 59.3. The zero-order valence-electron chi connectivity index (χ0n) is 40.9. The molecule has 2 atom stereocenters. The van der Waals surface area contributed by atoms with E-state index in [0.29, 0.717) is 25.9 Å². The van der Waals surface area contributed by atoms with Crippen LogP contribution in [-0.2, 0) is 14.3 Å². The van der Waals surface area contributed by atoms with E-state index in [1.54, 1.807) is 0 Å². The summed E-state index contributed by atoms with van der Waals surface area (Å²) in [6.07, 6.45) is 60.2. The average Bonchev–Trinajstić information content (AvgIpc) is 3.26. The van der Waals surface area contributed by atoms with Crippen LogP contribution in [0.15, 0.2) is 24.3 Å². The van der Waals surface area contributed by atoms with Crippen molar-refractivity contribution in [3.8, 4) is 0 Å². The summed E-state index contributed by atoms with van der Waals surface area (Å²) in [5.74, 6) is -0.138. The summed E-state index contributed by atoms with van der Waals surface area (Å²) in [6, 6.07) is -0.580. The molecule has 0 radical (unpaired) electrons. The lowest BCUT2D eigenvalue weighted by Crippen LogP contribution is -2.45. The monoisotopic (exact) mass is 860 g/mol. The molecule has 360 valence electrons. The van der Waals surface area contributed by atoms with Gasteiger partial charge in [-0.25, -0.2) is 0 Å². The Morgan fingerprint density at radius 3 is 1.20 bits per heavy atom. The molecular formula is C55H105NO5. The highest BCUT2D eigenvalue weighted by molar-refractivity contribution is 5.76. The topological polar surface area (TPSA) is 95.9 Å². The van der Waals surface area contributed by atoms with Gasteiger partial charge in [-0.15, -0.1) is 0 Å². The van der Waals surface area contributed by atoms with Crippen molar-refractivity contribution in [1.82, 2.24) is 5.32 Å². The lowest BCUT2D eigenvalue weighted by molar-refractivity contribution is -0.143. The highest BCUT2D eigenvalue weighted by Crippen LogP contribution is 2.17. The predicted octanol–water partition coefficient (Wildman–Crippen LogP) is 16.3. The molecule has 0 rings (SSSR count). The van der Waals surface area contributed by atoms with Gasteiger partial charge in [0.1, 0.15) is 0 Å². The van der Waals surface area contributed by atoms with Crippen LogP contribution in [0.25, 0.3) is 0 Å². The van der Waals surface area contributed by atoms with E-state index in [1.165, 1.54) is 186 Å². The van der Waals surface area contributed by atoms with Crippen LogP contribution >= 0.6 is 0 Å². The molecule has 0 fully saturated rings. The van der Waals surface area contributed by atoms with E-state index >= 15 is 0 Å². The Labute approximate surface area is 380 Å². The van der Waals surface area contributed by atoms with Crippen molar-refractivity contribution >= 4 is 11.9 Å². The van der Waals surface area contributed by atoms with Crippen LogP contribution in [0.5, 0.6) is 0 Å². The summed E-state index contributed by atoms with van der Waals surface area (Å²) in [5, 5.41) is 23.2. The molecular weight excluding hydrogens is 755 g/mol.